The normalized spacial score (nSPS) is 17.7. The Balaban J connectivity index is 1.23. The molecule has 0 amide bonds. The van der Waals surface area contributed by atoms with Crippen LogP contribution < -0.4 is 4.90 Å². The SMILES string of the molecule is Fc1ccccc1-c1nnc2ccc(N3CCC(c4noc(C5CC5)n4)CC3)nn12. The third kappa shape index (κ3) is 3.01. The highest BCUT2D eigenvalue weighted by molar-refractivity contribution is 5.60. The van der Waals surface area contributed by atoms with Crippen LogP contribution in [-0.2, 0) is 0 Å². The number of fused-ring (bicyclic) bond motifs is 1. The average molecular weight is 405 g/mol. The number of hydrogen-bond acceptors (Lipinski definition) is 7. The lowest BCUT2D eigenvalue weighted by atomic mass is 9.96. The molecule has 8 nitrogen and oxygen atoms in total. The lowest BCUT2D eigenvalue weighted by molar-refractivity contribution is 0.364. The first-order valence-electron chi connectivity index (χ1n) is 10.3. The third-order valence-corrected chi connectivity index (χ3v) is 5.93. The van der Waals surface area contributed by atoms with Gasteiger partial charge in [0.2, 0.25) is 5.89 Å². The summed E-state index contributed by atoms with van der Waals surface area (Å²) in [5.41, 5.74) is 0.975. The molecule has 1 saturated heterocycles. The molecular formula is C21H20FN7O. The van der Waals surface area contributed by atoms with Crippen LogP contribution in [-0.4, -0.2) is 43.0 Å². The molecule has 1 aromatic carbocycles. The van der Waals surface area contributed by atoms with Crippen molar-refractivity contribution in [3.8, 4) is 11.4 Å². The molecule has 3 aromatic heterocycles. The first-order chi connectivity index (χ1) is 14.8. The van der Waals surface area contributed by atoms with Gasteiger partial charge in [-0.05, 0) is 49.9 Å². The summed E-state index contributed by atoms with van der Waals surface area (Å²) in [6.07, 6.45) is 4.19. The van der Waals surface area contributed by atoms with Gasteiger partial charge in [0.25, 0.3) is 0 Å². The van der Waals surface area contributed by atoms with Gasteiger partial charge < -0.3 is 9.42 Å². The summed E-state index contributed by atoms with van der Waals surface area (Å²) < 4.78 is 21.3. The van der Waals surface area contributed by atoms with Crippen molar-refractivity contribution >= 4 is 11.5 Å². The van der Waals surface area contributed by atoms with E-state index >= 15 is 0 Å². The van der Waals surface area contributed by atoms with E-state index in [4.69, 9.17) is 9.62 Å². The zero-order valence-electron chi connectivity index (χ0n) is 16.3. The molecule has 9 heteroatoms. The largest absolute Gasteiger partial charge is 0.355 e. The third-order valence-electron chi connectivity index (χ3n) is 5.93. The van der Waals surface area contributed by atoms with E-state index in [0.717, 1.165) is 56.3 Å². The molecule has 1 saturated carbocycles. The number of anilines is 1. The number of aromatic nitrogens is 6. The Hall–Kier alpha value is -3.36. The molecule has 1 aliphatic heterocycles. The van der Waals surface area contributed by atoms with Crippen LogP contribution in [0.25, 0.3) is 17.0 Å². The topological polar surface area (TPSA) is 85.2 Å². The summed E-state index contributed by atoms with van der Waals surface area (Å²) >= 11 is 0. The molecule has 6 rings (SSSR count). The first kappa shape index (κ1) is 17.5. The van der Waals surface area contributed by atoms with Gasteiger partial charge in [-0.15, -0.1) is 15.3 Å². The Morgan fingerprint density at radius 1 is 0.933 bits per heavy atom. The molecule has 0 radical (unpaired) electrons. The Bertz CT molecular complexity index is 1210. The van der Waals surface area contributed by atoms with Gasteiger partial charge in [-0.3, -0.25) is 0 Å². The minimum Gasteiger partial charge on any atom is -0.355 e. The fourth-order valence-electron chi connectivity index (χ4n) is 4.03. The summed E-state index contributed by atoms with van der Waals surface area (Å²) in [6, 6.07) is 10.3. The predicted octanol–water partition coefficient (Wildman–Crippen LogP) is 3.57. The molecule has 4 aromatic rings. The fourth-order valence-corrected chi connectivity index (χ4v) is 4.03. The number of rotatable bonds is 4. The van der Waals surface area contributed by atoms with Crippen molar-refractivity contribution in [3.05, 3.63) is 53.9 Å². The minimum absolute atomic E-state index is 0.310. The molecule has 2 fully saturated rings. The molecule has 2 aliphatic rings. The van der Waals surface area contributed by atoms with Crippen molar-refractivity contribution in [2.75, 3.05) is 18.0 Å². The molecular weight excluding hydrogens is 385 g/mol. The number of nitrogens with zero attached hydrogens (tertiary/aromatic N) is 7. The van der Waals surface area contributed by atoms with Crippen LogP contribution in [0.1, 0.15) is 49.2 Å². The molecule has 0 N–H and O–H groups in total. The van der Waals surface area contributed by atoms with Crippen LogP contribution in [0.5, 0.6) is 0 Å². The number of hydrogen-bond donors (Lipinski definition) is 0. The van der Waals surface area contributed by atoms with E-state index in [1.807, 2.05) is 12.1 Å². The number of halogens is 1. The molecule has 30 heavy (non-hydrogen) atoms. The molecule has 1 aliphatic carbocycles. The van der Waals surface area contributed by atoms with Gasteiger partial charge in [-0.25, -0.2) is 4.39 Å². The molecule has 0 unspecified atom stereocenters. The van der Waals surface area contributed by atoms with E-state index in [2.05, 4.69) is 25.2 Å². The Morgan fingerprint density at radius 3 is 2.57 bits per heavy atom. The monoisotopic (exact) mass is 405 g/mol. The zero-order valence-corrected chi connectivity index (χ0v) is 16.3. The number of piperidine rings is 1. The van der Waals surface area contributed by atoms with Crippen molar-refractivity contribution in [2.24, 2.45) is 0 Å². The van der Waals surface area contributed by atoms with Crippen molar-refractivity contribution < 1.29 is 8.91 Å². The van der Waals surface area contributed by atoms with Crippen molar-refractivity contribution in [3.63, 3.8) is 0 Å². The lowest BCUT2D eigenvalue weighted by Gasteiger charge is -2.31. The highest BCUT2D eigenvalue weighted by Gasteiger charge is 2.32. The summed E-state index contributed by atoms with van der Waals surface area (Å²) in [4.78, 5) is 6.84. The minimum atomic E-state index is -0.342. The van der Waals surface area contributed by atoms with Gasteiger partial charge in [-0.2, -0.15) is 9.50 Å². The second-order valence-corrected chi connectivity index (χ2v) is 7.99. The van der Waals surface area contributed by atoms with E-state index in [1.165, 1.54) is 6.07 Å². The Labute approximate surface area is 171 Å². The molecule has 0 bridgehead atoms. The Morgan fingerprint density at radius 2 is 1.77 bits per heavy atom. The molecule has 0 atom stereocenters. The maximum Gasteiger partial charge on any atom is 0.229 e. The van der Waals surface area contributed by atoms with Crippen molar-refractivity contribution in [2.45, 2.75) is 37.5 Å². The quantitative estimate of drug-likeness (QED) is 0.513. The molecule has 4 heterocycles. The second-order valence-electron chi connectivity index (χ2n) is 7.99. The molecule has 152 valence electrons. The molecule has 0 spiro atoms. The van der Waals surface area contributed by atoms with Crippen molar-refractivity contribution in [1.82, 2.24) is 30.0 Å². The van der Waals surface area contributed by atoms with E-state index < -0.39 is 0 Å². The zero-order chi connectivity index (χ0) is 20.1. The smallest absolute Gasteiger partial charge is 0.229 e. The first-order valence-corrected chi connectivity index (χ1v) is 10.3. The van der Waals surface area contributed by atoms with Crippen LogP contribution in [0, 0.1) is 5.82 Å². The van der Waals surface area contributed by atoms with E-state index in [-0.39, 0.29) is 5.82 Å². The lowest BCUT2D eigenvalue weighted by Crippen LogP contribution is -2.34. The highest BCUT2D eigenvalue weighted by atomic mass is 19.1. The van der Waals surface area contributed by atoms with Crippen LogP contribution in [0.15, 0.2) is 40.9 Å². The van der Waals surface area contributed by atoms with Gasteiger partial charge in [0.05, 0.1) is 5.56 Å². The van der Waals surface area contributed by atoms with Gasteiger partial charge in [0, 0.05) is 24.9 Å². The summed E-state index contributed by atoms with van der Waals surface area (Å²) in [6.45, 7) is 1.68. The average Bonchev–Trinajstić information content (AvgIpc) is 3.36. The summed E-state index contributed by atoms with van der Waals surface area (Å²) in [7, 11) is 0. The van der Waals surface area contributed by atoms with E-state index in [0.29, 0.717) is 28.9 Å². The Kier molecular flexibility index (Phi) is 4.00. The van der Waals surface area contributed by atoms with Crippen LogP contribution in [0.4, 0.5) is 10.2 Å². The van der Waals surface area contributed by atoms with Crippen molar-refractivity contribution in [1.29, 1.82) is 0 Å². The van der Waals surface area contributed by atoms with Gasteiger partial charge in [-0.1, -0.05) is 17.3 Å². The van der Waals surface area contributed by atoms with Gasteiger partial charge in [0.15, 0.2) is 17.3 Å². The second kappa shape index (κ2) is 6.86. The maximum atomic E-state index is 14.3. The predicted molar refractivity (Wildman–Crippen MR) is 107 cm³/mol. The number of benzene rings is 1. The van der Waals surface area contributed by atoms with Crippen LogP contribution >= 0.6 is 0 Å². The standard InChI is InChI=1S/C21H20FN7O/c22-16-4-2-1-3-15(16)20-25-24-17-7-8-18(26-29(17)20)28-11-9-13(10-12-28)19-23-21(30-27-19)14-5-6-14/h1-4,7-8,13-14H,5-6,9-12H2. The van der Waals surface area contributed by atoms with Crippen LogP contribution in [0.2, 0.25) is 0 Å². The fraction of sp³-hybridized carbons (Fsp3) is 0.381. The van der Waals surface area contributed by atoms with E-state index in [1.54, 1.807) is 22.7 Å². The van der Waals surface area contributed by atoms with Crippen LogP contribution in [0.3, 0.4) is 0 Å². The summed E-state index contributed by atoms with van der Waals surface area (Å²) in [5, 5.41) is 17.2. The van der Waals surface area contributed by atoms with Gasteiger partial charge >= 0.3 is 0 Å². The maximum absolute atomic E-state index is 14.3. The highest BCUT2D eigenvalue weighted by Crippen LogP contribution is 2.40. The van der Waals surface area contributed by atoms with Gasteiger partial charge in [0.1, 0.15) is 11.6 Å². The summed E-state index contributed by atoms with van der Waals surface area (Å²) in [5.74, 6) is 3.31. The van der Waals surface area contributed by atoms with E-state index in [9.17, 15) is 4.39 Å².